The number of nitrogens with one attached hydrogen (secondary N) is 1. The summed E-state index contributed by atoms with van der Waals surface area (Å²) in [5.41, 5.74) is -0.862. The number of thiophene rings is 1. The van der Waals surface area contributed by atoms with E-state index in [1.165, 1.54) is 22.1 Å². The van der Waals surface area contributed by atoms with Gasteiger partial charge in [-0.05, 0) is 12.1 Å². The second-order valence-corrected chi connectivity index (χ2v) is 6.22. The summed E-state index contributed by atoms with van der Waals surface area (Å²) >= 11 is 1.26. The highest BCUT2D eigenvalue weighted by Gasteiger charge is 2.35. The Labute approximate surface area is 134 Å². The Kier molecular flexibility index (Phi) is 4.19. The molecule has 0 spiro atoms. The van der Waals surface area contributed by atoms with E-state index in [-0.39, 0.29) is 13.0 Å². The Morgan fingerprint density at radius 1 is 1.48 bits per heavy atom. The summed E-state index contributed by atoms with van der Waals surface area (Å²) in [5.74, 6) is 2.49. The molecule has 1 aliphatic heterocycles. The van der Waals surface area contributed by atoms with E-state index in [0.717, 1.165) is 0 Å². The first-order valence-corrected chi connectivity index (χ1v) is 7.71. The number of H-pyrrole nitrogens is 1. The van der Waals surface area contributed by atoms with E-state index in [2.05, 4.69) is 10.9 Å². The molecule has 0 radical (unpaired) electrons. The number of nitrogens with zero attached hydrogens (tertiary/aromatic N) is 1. The van der Waals surface area contributed by atoms with Crippen LogP contribution in [-0.4, -0.2) is 38.6 Å². The second kappa shape index (κ2) is 6.14. The van der Waals surface area contributed by atoms with Crippen LogP contribution in [0, 0.1) is 12.3 Å². The molecule has 3 heterocycles. The van der Waals surface area contributed by atoms with Crippen LogP contribution in [0.2, 0.25) is 0 Å². The Balaban J connectivity index is 2.03. The smallest absolute Gasteiger partial charge is 0.330 e. The van der Waals surface area contributed by atoms with Gasteiger partial charge in [0.2, 0.25) is 0 Å². The average molecular weight is 334 g/mol. The minimum atomic E-state index is -0.873. The monoisotopic (exact) mass is 334 g/mol. The lowest BCUT2D eigenvalue weighted by Gasteiger charge is -2.15. The van der Waals surface area contributed by atoms with Gasteiger partial charge in [0.15, 0.2) is 0 Å². The molecular formula is C15H14N2O5S. The third-order valence-corrected chi connectivity index (χ3v) is 4.73. The Morgan fingerprint density at radius 2 is 2.26 bits per heavy atom. The third kappa shape index (κ3) is 2.87. The van der Waals surface area contributed by atoms with Crippen molar-refractivity contribution in [2.45, 2.75) is 24.9 Å². The van der Waals surface area contributed by atoms with E-state index >= 15 is 0 Å². The number of hydrogen-bond donors (Lipinski definition) is 3. The molecule has 120 valence electrons. The SMILES string of the molecule is C#Cc1ccc(-c2cn([C@H]3C[C@H](O)[C@@H](CO)O3)c(=O)[nH]c2=O)s1. The van der Waals surface area contributed by atoms with Crippen molar-refractivity contribution in [2.75, 3.05) is 6.61 Å². The van der Waals surface area contributed by atoms with Gasteiger partial charge in [-0.3, -0.25) is 14.3 Å². The molecule has 1 aliphatic rings. The zero-order valence-electron chi connectivity index (χ0n) is 11.9. The van der Waals surface area contributed by atoms with Crippen LogP contribution in [0.5, 0.6) is 0 Å². The van der Waals surface area contributed by atoms with Gasteiger partial charge in [0, 0.05) is 17.5 Å². The largest absolute Gasteiger partial charge is 0.394 e. The number of rotatable bonds is 3. The molecule has 0 aliphatic carbocycles. The van der Waals surface area contributed by atoms with E-state index in [1.54, 1.807) is 12.1 Å². The highest BCUT2D eigenvalue weighted by atomic mass is 32.1. The van der Waals surface area contributed by atoms with Crippen LogP contribution in [0.15, 0.2) is 27.9 Å². The van der Waals surface area contributed by atoms with Gasteiger partial charge in [0.1, 0.15) is 12.3 Å². The highest BCUT2D eigenvalue weighted by Crippen LogP contribution is 2.29. The minimum absolute atomic E-state index is 0.149. The van der Waals surface area contributed by atoms with Gasteiger partial charge < -0.3 is 14.9 Å². The number of hydrogen-bond acceptors (Lipinski definition) is 6. The first-order chi connectivity index (χ1) is 11.0. The van der Waals surface area contributed by atoms with Crippen molar-refractivity contribution in [1.29, 1.82) is 0 Å². The van der Waals surface area contributed by atoms with Crippen molar-refractivity contribution < 1.29 is 14.9 Å². The van der Waals surface area contributed by atoms with Crippen molar-refractivity contribution in [3.63, 3.8) is 0 Å². The van der Waals surface area contributed by atoms with Crippen LogP contribution in [0.1, 0.15) is 17.5 Å². The second-order valence-electron chi connectivity index (χ2n) is 5.13. The van der Waals surface area contributed by atoms with E-state index in [9.17, 15) is 14.7 Å². The third-order valence-electron chi connectivity index (χ3n) is 3.68. The van der Waals surface area contributed by atoms with Crippen molar-refractivity contribution in [3.8, 4) is 22.8 Å². The zero-order chi connectivity index (χ0) is 16.6. The molecule has 2 aromatic heterocycles. The Morgan fingerprint density at radius 3 is 2.87 bits per heavy atom. The predicted octanol–water partition coefficient (Wildman–Crippen LogP) is -0.113. The van der Waals surface area contributed by atoms with Crippen molar-refractivity contribution >= 4 is 11.3 Å². The molecule has 23 heavy (non-hydrogen) atoms. The van der Waals surface area contributed by atoms with Gasteiger partial charge >= 0.3 is 5.69 Å². The maximum Gasteiger partial charge on any atom is 0.330 e. The molecule has 3 rings (SSSR count). The fourth-order valence-corrected chi connectivity index (χ4v) is 3.31. The summed E-state index contributed by atoms with van der Waals surface area (Å²) in [5, 5.41) is 18.9. The highest BCUT2D eigenvalue weighted by molar-refractivity contribution is 7.16. The summed E-state index contributed by atoms with van der Waals surface area (Å²) in [4.78, 5) is 27.6. The molecule has 0 saturated carbocycles. The van der Waals surface area contributed by atoms with Crippen molar-refractivity contribution in [2.24, 2.45) is 0 Å². The standard InChI is InChI=1S/C15H14N2O5S/c1-2-8-3-4-12(23-8)9-6-17(15(21)16-14(9)20)13-5-10(19)11(7-18)22-13/h1,3-4,6,10-11,13,18-19H,5,7H2,(H,16,20,21)/t10-,11+,13+/m0/s1. The van der Waals surface area contributed by atoms with E-state index in [0.29, 0.717) is 15.3 Å². The zero-order valence-corrected chi connectivity index (χ0v) is 12.7. The summed E-state index contributed by atoms with van der Waals surface area (Å²) in [6.07, 6.45) is 4.49. The Hall–Kier alpha value is -2.18. The van der Waals surface area contributed by atoms with E-state index in [4.69, 9.17) is 16.3 Å². The number of aromatic amines is 1. The quantitative estimate of drug-likeness (QED) is 0.679. The molecule has 8 heteroatoms. The number of ether oxygens (including phenoxy) is 1. The van der Waals surface area contributed by atoms with Crippen molar-refractivity contribution in [1.82, 2.24) is 9.55 Å². The van der Waals surface area contributed by atoms with Crippen LogP contribution < -0.4 is 11.2 Å². The lowest BCUT2D eigenvalue weighted by molar-refractivity contribution is -0.0458. The maximum atomic E-state index is 12.0. The fraction of sp³-hybridized carbons (Fsp3) is 0.333. The van der Waals surface area contributed by atoms with Crippen LogP contribution in [0.25, 0.3) is 10.4 Å². The molecule has 1 saturated heterocycles. The van der Waals surface area contributed by atoms with Gasteiger partial charge in [-0.15, -0.1) is 17.8 Å². The fourth-order valence-electron chi connectivity index (χ4n) is 2.49. The van der Waals surface area contributed by atoms with Crippen LogP contribution in [0.3, 0.4) is 0 Å². The first kappa shape index (κ1) is 15.7. The molecule has 3 N–H and O–H groups in total. The summed E-state index contributed by atoms with van der Waals surface area (Å²) in [7, 11) is 0. The maximum absolute atomic E-state index is 12.0. The van der Waals surface area contributed by atoms with Gasteiger partial charge in [0.05, 0.1) is 23.2 Å². The number of terminal acetylenes is 1. The molecule has 0 bridgehead atoms. The van der Waals surface area contributed by atoms with Crippen LogP contribution in [0.4, 0.5) is 0 Å². The molecule has 2 aromatic rings. The van der Waals surface area contributed by atoms with Crippen LogP contribution >= 0.6 is 11.3 Å². The topological polar surface area (TPSA) is 105 Å². The Bertz CT molecular complexity index is 875. The molecule has 0 amide bonds. The average Bonchev–Trinajstić information content (AvgIpc) is 3.13. The van der Waals surface area contributed by atoms with Gasteiger partial charge in [-0.1, -0.05) is 5.92 Å². The summed E-state index contributed by atoms with van der Waals surface area (Å²) < 4.78 is 6.67. The van der Waals surface area contributed by atoms with Gasteiger partial charge in [0.25, 0.3) is 5.56 Å². The van der Waals surface area contributed by atoms with Crippen molar-refractivity contribution in [3.05, 3.63) is 44.0 Å². The number of aliphatic hydroxyl groups excluding tert-OH is 2. The molecule has 3 atom stereocenters. The summed E-state index contributed by atoms with van der Waals surface area (Å²) in [6.45, 7) is -0.348. The molecule has 7 nitrogen and oxygen atoms in total. The molecular weight excluding hydrogens is 320 g/mol. The van der Waals surface area contributed by atoms with Gasteiger partial charge in [-0.2, -0.15) is 0 Å². The number of aromatic nitrogens is 2. The van der Waals surface area contributed by atoms with Crippen LogP contribution in [-0.2, 0) is 4.74 Å². The van der Waals surface area contributed by atoms with E-state index in [1.807, 2.05) is 0 Å². The lowest BCUT2D eigenvalue weighted by Crippen LogP contribution is -2.33. The molecule has 1 fully saturated rings. The van der Waals surface area contributed by atoms with E-state index < -0.39 is 29.7 Å². The predicted molar refractivity (Wildman–Crippen MR) is 84.2 cm³/mol. The molecule has 0 aromatic carbocycles. The van der Waals surface area contributed by atoms with Gasteiger partial charge in [-0.25, -0.2) is 4.79 Å². The lowest BCUT2D eigenvalue weighted by atomic mass is 10.2. The minimum Gasteiger partial charge on any atom is -0.394 e. The first-order valence-electron chi connectivity index (χ1n) is 6.90. The molecule has 0 unspecified atom stereocenters. The number of aliphatic hydroxyl groups is 2. The summed E-state index contributed by atoms with van der Waals surface area (Å²) in [6, 6.07) is 3.42. The normalized spacial score (nSPS) is 23.8.